The largest absolute Gasteiger partial charge is 0.480 e. The topological polar surface area (TPSA) is 93.1 Å². The highest BCUT2D eigenvalue weighted by atomic mass is 16.6. The second kappa shape index (κ2) is 8.33. The SMILES string of the molecule is CCOC(=O)[C@@H]1CCCN(C(=O)OCc2ccccc2)[C@H]1C(=O)O. The molecule has 0 aromatic heterocycles. The van der Waals surface area contributed by atoms with Gasteiger partial charge in [0.25, 0.3) is 0 Å². The number of hydrogen-bond acceptors (Lipinski definition) is 5. The number of nitrogens with zero attached hydrogens (tertiary/aromatic N) is 1. The molecule has 1 aromatic carbocycles. The lowest BCUT2D eigenvalue weighted by Gasteiger charge is -2.36. The van der Waals surface area contributed by atoms with E-state index in [0.29, 0.717) is 12.8 Å². The summed E-state index contributed by atoms with van der Waals surface area (Å²) >= 11 is 0. The average Bonchev–Trinajstić information content (AvgIpc) is 2.60. The highest BCUT2D eigenvalue weighted by Gasteiger charge is 2.44. The van der Waals surface area contributed by atoms with E-state index in [2.05, 4.69) is 0 Å². The number of likely N-dealkylation sites (tertiary alicyclic amines) is 1. The maximum Gasteiger partial charge on any atom is 0.410 e. The Balaban J connectivity index is 2.06. The van der Waals surface area contributed by atoms with Crippen molar-refractivity contribution in [2.24, 2.45) is 5.92 Å². The number of piperidine rings is 1. The first-order valence-corrected chi connectivity index (χ1v) is 7.91. The van der Waals surface area contributed by atoms with Crippen molar-refractivity contribution in [3.63, 3.8) is 0 Å². The van der Waals surface area contributed by atoms with Gasteiger partial charge in [-0.15, -0.1) is 0 Å². The third-order valence-electron chi connectivity index (χ3n) is 3.91. The van der Waals surface area contributed by atoms with E-state index in [1.807, 2.05) is 18.2 Å². The van der Waals surface area contributed by atoms with Gasteiger partial charge < -0.3 is 14.6 Å². The molecule has 1 N–H and O–H groups in total. The molecule has 0 aliphatic carbocycles. The molecule has 0 radical (unpaired) electrons. The molecule has 2 atom stereocenters. The monoisotopic (exact) mass is 335 g/mol. The van der Waals surface area contributed by atoms with Gasteiger partial charge in [-0.1, -0.05) is 30.3 Å². The maximum absolute atomic E-state index is 12.3. The summed E-state index contributed by atoms with van der Waals surface area (Å²) < 4.78 is 10.1. The number of carboxylic acids is 1. The maximum atomic E-state index is 12.3. The Morgan fingerprint density at radius 2 is 1.92 bits per heavy atom. The third kappa shape index (κ3) is 4.24. The molecule has 0 saturated carbocycles. The quantitative estimate of drug-likeness (QED) is 0.828. The van der Waals surface area contributed by atoms with Crippen LogP contribution in [0, 0.1) is 5.92 Å². The fraction of sp³-hybridized carbons (Fsp3) is 0.471. The molecule has 130 valence electrons. The summed E-state index contributed by atoms with van der Waals surface area (Å²) in [6, 6.07) is 7.84. The zero-order valence-corrected chi connectivity index (χ0v) is 13.5. The first-order chi connectivity index (χ1) is 11.5. The molecule has 0 spiro atoms. The summed E-state index contributed by atoms with van der Waals surface area (Å²) in [6.45, 7) is 2.11. The second-order valence-corrected chi connectivity index (χ2v) is 5.52. The van der Waals surface area contributed by atoms with Crippen molar-refractivity contribution in [3.05, 3.63) is 35.9 Å². The van der Waals surface area contributed by atoms with Crippen LogP contribution in [-0.4, -0.2) is 47.2 Å². The van der Waals surface area contributed by atoms with Gasteiger partial charge in [0.2, 0.25) is 0 Å². The Labute approximate surface area is 140 Å². The molecule has 1 aliphatic rings. The third-order valence-corrected chi connectivity index (χ3v) is 3.91. The molecule has 7 heteroatoms. The van der Waals surface area contributed by atoms with Crippen molar-refractivity contribution in [2.45, 2.75) is 32.4 Å². The molecule has 1 amide bonds. The number of hydrogen-bond donors (Lipinski definition) is 1. The summed E-state index contributed by atoms with van der Waals surface area (Å²) in [4.78, 5) is 37.0. The fourth-order valence-electron chi connectivity index (χ4n) is 2.80. The van der Waals surface area contributed by atoms with Crippen molar-refractivity contribution < 1.29 is 29.0 Å². The van der Waals surface area contributed by atoms with Crippen molar-refractivity contribution in [1.82, 2.24) is 4.90 Å². The number of esters is 1. The Kier molecular flexibility index (Phi) is 6.17. The van der Waals surface area contributed by atoms with Crippen molar-refractivity contribution >= 4 is 18.0 Å². The zero-order valence-electron chi connectivity index (χ0n) is 13.5. The van der Waals surface area contributed by atoms with E-state index in [1.165, 1.54) is 0 Å². The molecular formula is C17H21NO6. The predicted octanol–water partition coefficient (Wildman–Crippen LogP) is 2.05. The van der Waals surface area contributed by atoms with E-state index < -0.39 is 30.0 Å². The van der Waals surface area contributed by atoms with Crippen molar-refractivity contribution in [3.8, 4) is 0 Å². The minimum Gasteiger partial charge on any atom is -0.480 e. The Morgan fingerprint density at radius 3 is 2.54 bits per heavy atom. The second-order valence-electron chi connectivity index (χ2n) is 5.52. The highest BCUT2D eigenvalue weighted by Crippen LogP contribution is 2.26. The van der Waals surface area contributed by atoms with Crippen LogP contribution in [0.5, 0.6) is 0 Å². The van der Waals surface area contributed by atoms with Gasteiger partial charge in [-0.3, -0.25) is 9.69 Å². The van der Waals surface area contributed by atoms with Gasteiger partial charge in [0.1, 0.15) is 12.6 Å². The van der Waals surface area contributed by atoms with E-state index >= 15 is 0 Å². The smallest absolute Gasteiger partial charge is 0.410 e. The molecule has 24 heavy (non-hydrogen) atoms. The first kappa shape index (κ1) is 17.8. The molecular weight excluding hydrogens is 314 g/mol. The van der Waals surface area contributed by atoms with Gasteiger partial charge in [-0.2, -0.15) is 0 Å². The van der Waals surface area contributed by atoms with Gasteiger partial charge in [0, 0.05) is 6.54 Å². The molecule has 0 unspecified atom stereocenters. The van der Waals surface area contributed by atoms with Crippen LogP contribution in [0.15, 0.2) is 30.3 Å². The molecule has 1 aliphatic heterocycles. The van der Waals surface area contributed by atoms with Gasteiger partial charge in [0.15, 0.2) is 0 Å². The molecule has 1 saturated heterocycles. The summed E-state index contributed by atoms with van der Waals surface area (Å²) in [7, 11) is 0. The Hall–Kier alpha value is -2.57. The van der Waals surface area contributed by atoms with E-state index in [-0.39, 0.29) is 19.8 Å². The number of aliphatic carboxylic acids is 1. The minimum absolute atomic E-state index is 0.0482. The van der Waals surface area contributed by atoms with Gasteiger partial charge in [-0.05, 0) is 25.3 Å². The van der Waals surface area contributed by atoms with E-state index in [4.69, 9.17) is 9.47 Å². The van der Waals surface area contributed by atoms with Crippen LogP contribution in [0.3, 0.4) is 0 Å². The number of carboxylic acid groups (broad SMARTS) is 1. The average molecular weight is 335 g/mol. The molecule has 2 rings (SSSR count). The number of carbonyl (C=O) groups excluding carboxylic acids is 2. The van der Waals surface area contributed by atoms with E-state index in [0.717, 1.165) is 10.5 Å². The van der Waals surface area contributed by atoms with Gasteiger partial charge >= 0.3 is 18.0 Å². The lowest BCUT2D eigenvalue weighted by molar-refractivity contribution is -0.160. The molecule has 0 bridgehead atoms. The number of carbonyl (C=O) groups is 3. The Bertz CT molecular complexity index is 588. The normalized spacial score (nSPS) is 20.3. The summed E-state index contributed by atoms with van der Waals surface area (Å²) in [6.07, 6.45) is 0.159. The van der Waals surface area contributed by atoms with E-state index in [1.54, 1.807) is 19.1 Å². The van der Waals surface area contributed by atoms with Gasteiger partial charge in [-0.25, -0.2) is 9.59 Å². The van der Waals surface area contributed by atoms with Crippen LogP contribution in [0.4, 0.5) is 4.79 Å². The van der Waals surface area contributed by atoms with Crippen LogP contribution in [0.2, 0.25) is 0 Å². The number of benzene rings is 1. The zero-order chi connectivity index (χ0) is 17.5. The minimum atomic E-state index is -1.26. The summed E-state index contributed by atoms with van der Waals surface area (Å²) in [5, 5.41) is 9.47. The lowest BCUT2D eigenvalue weighted by atomic mass is 9.89. The fourth-order valence-corrected chi connectivity index (χ4v) is 2.80. The molecule has 7 nitrogen and oxygen atoms in total. The predicted molar refractivity (Wildman–Crippen MR) is 84.1 cm³/mol. The standard InChI is InChI=1S/C17H21NO6/c1-2-23-16(21)13-9-6-10-18(14(13)15(19)20)17(22)24-11-12-7-4-3-5-8-12/h3-5,7-8,13-14H,2,6,9-11H2,1H3,(H,19,20)/t13-,14-/m1/s1. The first-order valence-electron chi connectivity index (χ1n) is 7.91. The van der Waals surface area contributed by atoms with Crippen LogP contribution in [0.1, 0.15) is 25.3 Å². The Morgan fingerprint density at radius 1 is 1.21 bits per heavy atom. The van der Waals surface area contributed by atoms with E-state index in [9.17, 15) is 19.5 Å². The van der Waals surface area contributed by atoms with Crippen molar-refractivity contribution in [1.29, 1.82) is 0 Å². The van der Waals surface area contributed by atoms with Gasteiger partial charge in [0.05, 0.1) is 12.5 Å². The highest BCUT2D eigenvalue weighted by molar-refractivity contribution is 5.87. The van der Waals surface area contributed by atoms with Crippen LogP contribution >= 0.6 is 0 Å². The summed E-state index contributed by atoms with van der Waals surface area (Å²) in [5.74, 6) is -2.70. The number of amides is 1. The van der Waals surface area contributed by atoms with Crippen LogP contribution in [0.25, 0.3) is 0 Å². The van der Waals surface area contributed by atoms with Crippen LogP contribution < -0.4 is 0 Å². The van der Waals surface area contributed by atoms with Crippen LogP contribution in [-0.2, 0) is 25.7 Å². The molecule has 1 aromatic rings. The summed E-state index contributed by atoms with van der Waals surface area (Å²) in [5.41, 5.74) is 0.802. The number of rotatable bonds is 5. The molecule has 1 fully saturated rings. The molecule has 1 heterocycles. The number of ether oxygens (including phenoxy) is 2. The van der Waals surface area contributed by atoms with Crippen molar-refractivity contribution in [2.75, 3.05) is 13.2 Å². The lowest BCUT2D eigenvalue weighted by Crippen LogP contribution is -2.55.